The Bertz CT molecular complexity index is 566. The van der Waals surface area contributed by atoms with Crippen molar-refractivity contribution in [2.24, 2.45) is 16.7 Å². The number of aliphatic hydroxyl groups is 2. The van der Waals surface area contributed by atoms with Crippen LogP contribution in [0.4, 0.5) is 0 Å². The molecule has 3 rings (SSSR count). The number of fused-ring (bicyclic) bond motifs is 3. The number of aliphatic hydroxyl groups excluding tert-OH is 2. The lowest BCUT2D eigenvalue weighted by molar-refractivity contribution is 0.0378. The van der Waals surface area contributed by atoms with Crippen molar-refractivity contribution < 1.29 is 10.2 Å². The van der Waals surface area contributed by atoms with E-state index in [1.165, 1.54) is 24.0 Å². The van der Waals surface area contributed by atoms with Gasteiger partial charge in [0.05, 0.1) is 12.7 Å². The molecule has 0 amide bonds. The molecule has 122 valence electrons. The monoisotopic (exact) mass is 302 g/mol. The smallest absolute Gasteiger partial charge is 0.0672 e. The number of hydrogen-bond acceptors (Lipinski definition) is 2. The fourth-order valence-corrected chi connectivity index (χ4v) is 4.81. The average molecular weight is 302 g/mol. The van der Waals surface area contributed by atoms with Crippen molar-refractivity contribution in [2.45, 2.75) is 65.9 Å². The van der Waals surface area contributed by atoms with E-state index in [2.05, 4.69) is 39.8 Å². The lowest BCUT2D eigenvalue weighted by atomic mass is 9.57. The first-order chi connectivity index (χ1) is 10.3. The van der Waals surface area contributed by atoms with Gasteiger partial charge >= 0.3 is 0 Å². The van der Waals surface area contributed by atoms with Gasteiger partial charge in [0.1, 0.15) is 0 Å². The van der Waals surface area contributed by atoms with Gasteiger partial charge in [-0.1, -0.05) is 45.4 Å². The molecule has 1 fully saturated rings. The van der Waals surface area contributed by atoms with Gasteiger partial charge in [-0.15, -0.1) is 0 Å². The molecule has 3 aliphatic rings. The molecule has 3 aliphatic carbocycles. The Labute approximate surface area is 134 Å². The van der Waals surface area contributed by atoms with E-state index >= 15 is 0 Å². The minimum Gasteiger partial charge on any atom is -0.392 e. The maximum Gasteiger partial charge on any atom is 0.0672 e. The number of hydrogen-bond donors (Lipinski definition) is 2. The predicted molar refractivity (Wildman–Crippen MR) is 90.4 cm³/mol. The van der Waals surface area contributed by atoms with Gasteiger partial charge in [0, 0.05) is 5.41 Å². The molecular formula is C20H30O2. The SMILES string of the molecule is CC(C)C1=C2C3=CC=C(CO)CC(O)[C@]3(C)CCC2(C)CC1. The largest absolute Gasteiger partial charge is 0.392 e. The van der Waals surface area contributed by atoms with Gasteiger partial charge in [-0.25, -0.2) is 0 Å². The zero-order valence-corrected chi connectivity index (χ0v) is 14.4. The third-order valence-corrected chi connectivity index (χ3v) is 6.53. The van der Waals surface area contributed by atoms with E-state index in [0.717, 1.165) is 18.4 Å². The Hall–Kier alpha value is -0.860. The minimum atomic E-state index is -0.397. The zero-order chi connectivity index (χ0) is 16.1. The van der Waals surface area contributed by atoms with E-state index in [4.69, 9.17) is 0 Å². The summed E-state index contributed by atoms with van der Waals surface area (Å²) >= 11 is 0. The quantitative estimate of drug-likeness (QED) is 0.804. The molecule has 0 saturated heterocycles. The normalized spacial score (nSPS) is 38.4. The van der Waals surface area contributed by atoms with Gasteiger partial charge in [0.2, 0.25) is 0 Å². The molecule has 3 atom stereocenters. The van der Waals surface area contributed by atoms with Crippen LogP contribution < -0.4 is 0 Å². The van der Waals surface area contributed by atoms with Gasteiger partial charge in [-0.05, 0) is 60.2 Å². The van der Waals surface area contributed by atoms with Crippen molar-refractivity contribution in [3.63, 3.8) is 0 Å². The van der Waals surface area contributed by atoms with Gasteiger partial charge in [-0.3, -0.25) is 0 Å². The molecule has 2 N–H and O–H groups in total. The summed E-state index contributed by atoms with van der Waals surface area (Å²) in [6.45, 7) is 9.27. The van der Waals surface area contributed by atoms with Crippen LogP contribution in [0.15, 0.2) is 34.4 Å². The molecular weight excluding hydrogens is 272 g/mol. The summed E-state index contributed by atoms with van der Waals surface area (Å²) in [5, 5.41) is 20.4. The Balaban J connectivity index is 2.17. The molecule has 0 aliphatic heterocycles. The third-order valence-electron chi connectivity index (χ3n) is 6.53. The number of rotatable bonds is 2. The Morgan fingerprint density at radius 3 is 2.55 bits per heavy atom. The van der Waals surface area contributed by atoms with Crippen LogP contribution in [-0.4, -0.2) is 22.9 Å². The van der Waals surface area contributed by atoms with Gasteiger partial charge < -0.3 is 10.2 Å². The predicted octanol–water partition coefficient (Wildman–Crippen LogP) is 4.15. The van der Waals surface area contributed by atoms with E-state index in [0.29, 0.717) is 12.3 Å². The van der Waals surface area contributed by atoms with Crippen LogP contribution in [0.3, 0.4) is 0 Å². The third kappa shape index (κ3) is 2.23. The number of allylic oxidation sites excluding steroid dienone is 4. The van der Waals surface area contributed by atoms with Crippen LogP contribution in [0.5, 0.6) is 0 Å². The summed E-state index contributed by atoms with van der Waals surface area (Å²) in [6, 6.07) is 0. The van der Waals surface area contributed by atoms with Crippen LogP contribution in [-0.2, 0) is 0 Å². The van der Waals surface area contributed by atoms with Gasteiger partial charge in [0.25, 0.3) is 0 Å². The summed E-state index contributed by atoms with van der Waals surface area (Å²) in [4.78, 5) is 0. The minimum absolute atomic E-state index is 0.0459. The first-order valence-corrected chi connectivity index (χ1v) is 8.75. The van der Waals surface area contributed by atoms with Crippen molar-refractivity contribution in [1.29, 1.82) is 0 Å². The van der Waals surface area contributed by atoms with Crippen LogP contribution in [0, 0.1) is 16.7 Å². The second kappa shape index (κ2) is 5.35. The highest BCUT2D eigenvalue weighted by Crippen LogP contribution is 2.61. The molecule has 0 aromatic heterocycles. The first-order valence-electron chi connectivity index (χ1n) is 8.75. The van der Waals surface area contributed by atoms with Gasteiger partial charge in [-0.2, -0.15) is 0 Å². The van der Waals surface area contributed by atoms with Crippen molar-refractivity contribution in [3.05, 3.63) is 34.4 Å². The highest BCUT2D eigenvalue weighted by molar-refractivity contribution is 5.52. The standard InChI is InChI=1S/C20H30O2/c1-13(2)15-7-8-19(3)9-10-20(4)16(18(15)19)6-5-14(12-21)11-17(20)22/h5-6,13,17,21-22H,7-12H2,1-4H3/t17?,19?,20-/m1/s1. The van der Waals surface area contributed by atoms with E-state index in [1.807, 2.05) is 0 Å². The molecule has 2 nitrogen and oxygen atoms in total. The van der Waals surface area contributed by atoms with E-state index in [-0.39, 0.29) is 17.4 Å². The molecule has 0 spiro atoms. The highest BCUT2D eigenvalue weighted by atomic mass is 16.3. The Morgan fingerprint density at radius 2 is 1.91 bits per heavy atom. The maximum atomic E-state index is 10.9. The lowest BCUT2D eigenvalue weighted by Crippen LogP contribution is -2.41. The van der Waals surface area contributed by atoms with Gasteiger partial charge in [0.15, 0.2) is 0 Å². The van der Waals surface area contributed by atoms with Crippen molar-refractivity contribution >= 4 is 0 Å². The van der Waals surface area contributed by atoms with Crippen LogP contribution in [0.2, 0.25) is 0 Å². The molecule has 0 bridgehead atoms. The second-order valence-electron chi connectivity index (χ2n) is 8.32. The topological polar surface area (TPSA) is 40.5 Å². The Morgan fingerprint density at radius 1 is 1.18 bits per heavy atom. The summed E-state index contributed by atoms with van der Waals surface area (Å²) in [5.74, 6) is 0.571. The van der Waals surface area contributed by atoms with E-state index < -0.39 is 6.10 Å². The van der Waals surface area contributed by atoms with Crippen molar-refractivity contribution in [1.82, 2.24) is 0 Å². The van der Waals surface area contributed by atoms with Crippen molar-refractivity contribution in [2.75, 3.05) is 6.61 Å². The summed E-state index contributed by atoms with van der Waals surface area (Å²) in [5.41, 5.74) is 5.52. The average Bonchev–Trinajstić information content (AvgIpc) is 2.76. The first kappa shape index (κ1) is 16.0. The van der Waals surface area contributed by atoms with E-state index in [1.54, 1.807) is 5.57 Å². The summed E-state index contributed by atoms with van der Waals surface area (Å²) in [7, 11) is 0. The lowest BCUT2D eigenvalue weighted by Gasteiger charge is -2.48. The molecule has 1 saturated carbocycles. The molecule has 0 heterocycles. The molecule has 0 radical (unpaired) electrons. The fourth-order valence-electron chi connectivity index (χ4n) is 4.81. The molecule has 0 aromatic carbocycles. The van der Waals surface area contributed by atoms with Crippen LogP contribution >= 0.6 is 0 Å². The molecule has 2 unspecified atom stereocenters. The van der Waals surface area contributed by atoms with Crippen LogP contribution in [0.1, 0.15) is 59.8 Å². The maximum absolute atomic E-state index is 10.9. The van der Waals surface area contributed by atoms with E-state index in [9.17, 15) is 10.2 Å². The van der Waals surface area contributed by atoms with Crippen LogP contribution in [0.25, 0.3) is 0 Å². The highest BCUT2D eigenvalue weighted by Gasteiger charge is 2.51. The molecule has 22 heavy (non-hydrogen) atoms. The second-order valence-corrected chi connectivity index (χ2v) is 8.32. The Kier molecular flexibility index (Phi) is 3.89. The molecule has 0 aromatic rings. The fraction of sp³-hybridized carbons (Fsp3) is 0.700. The summed E-state index contributed by atoms with van der Waals surface area (Å²) < 4.78 is 0. The zero-order valence-electron chi connectivity index (χ0n) is 14.4. The summed E-state index contributed by atoms with van der Waals surface area (Å²) in [6.07, 6.45) is 9.11. The molecule has 2 heteroatoms. The van der Waals surface area contributed by atoms with Crippen molar-refractivity contribution in [3.8, 4) is 0 Å².